The summed E-state index contributed by atoms with van der Waals surface area (Å²) in [4.78, 5) is 17.6. The molecular weight excluding hydrogens is 374 g/mol. The van der Waals surface area contributed by atoms with E-state index in [1.165, 1.54) is 0 Å². The molecule has 0 spiro atoms. The van der Waals surface area contributed by atoms with Gasteiger partial charge in [0.2, 0.25) is 0 Å². The molecule has 0 aliphatic rings. The van der Waals surface area contributed by atoms with E-state index < -0.39 is 0 Å². The first-order valence-electron chi connectivity index (χ1n) is 8.75. The number of amides is 1. The van der Waals surface area contributed by atoms with E-state index in [1.54, 1.807) is 37.4 Å². The SMILES string of the molecule is COc1cccc(C(=O)Nc2c(-c3cccc(Cl)c3)nc3ccc(C)cn23)c1. The fourth-order valence-corrected chi connectivity index (χ4v) is 3.24. The predicted octanol–water partition coefficient (Wildman–Crippen LogP) is 5.22. The van der Waals surface area contributed by atoms with Gasteiger partial charge in [0.25, 0.3) is 5.91 Å². The number of pyridine rings is 1. The molecule has 28 heavy (non-hydrogen) atoms. The van der Waals surface area contributed by atoms with Crippen LogP contribution in [0.25, 0.3) is 16.9 Å². The van der Waals surface area contributed by atoms with E-state index in [4.69, 9.17) is 21.3 Å². The van der Waals surface area contributed by atoms with Crippen molar-refractivity contribution >= 4 is 29.0 Å². The molecule has 0 bridgehead atoms. The molecule has 4 aromatic rings. The molecule has 5 nitrogen and oxygen atoms in total. The van der Waals surface area contributed by atoms with Crippen molar-refractivity contribution in [2.75, 3.05) is 12.4 Å². The highest BCUT2D eigenvalue weighted by Crippen LogP contribution is 2.31. The number of aryl methyl sites for hydroxylation is 1. The second-order valence-corrected chi connectivity index (χ2v) is 6.88. The number of methoxy groups -OCH3 is 1. The predicted molar refractivity (Wildman–Crippen MR) is 111 cm³/mol. The number of ether oxygens (including phenoxy) is 1. The van der Waals surface area contributed by atoms with Crippen molar-refractivity contribution in [1.29, 1.82) is 0 Å². The molecule has 6 heteroatoms. The van der Waals surface area contributed by atoms with Gasteiger partial charge >= 0.3 is 0 Å². The maximum absolute atomic E-state index is 12.9. The quantitative estimate of drug-likeness (QED) is 0.518. The van der Waals surface area contributed by atoms with Crippen LogP contribution in [0, 0.1) is 6.92 Å². The molecule has 4 rings (SSSR count). The highest BCUT2D eigenvalue weighted by Gasteiger charge is 2.18. The topological polar surface area (TPSA) is 55.6 Å². The van der Waals surface area contributed by atoms with Crippen molar-refractivity contribution in [3.8, 4) is 17.0 Å². The molecule has 0 aliphatic carbocycles. The van der Waals surface area contributed by atoms with Crippen LogP contribution < -0.4 is 10.1 Å². The summed E-state index contributed by atoms with van der Waals surface area (Å²) in [7, 11) is 1.57. The number of hydrogen-bond acceptors (Lipinski definition) is 3. The van der Waals surface area contributed by atoms with Gasteiger partial charge in [-0.15, -0.1) is 0 Å². The monoisotopic (exact) mass is 391 g/mol. The standard InChI is InChI=1S/C22H18ClN3O2/c1-14-9-10-19-24-20(15-5-3-7-17(23)11-15)21(26(19)13-14)25-22(27)16-6-4-8-18(12-16)28-2/h3-13H,1-2H3,(H,25,27). The Morgan fingerprint density at radius 3 is 2.71 bits per heavy atom. The average molecular weight is 392 g/mol. The van der Waals surface area contributed by atoms with Crippen LogP contribution in [0.5, 0.6) is 5.75 Å². The Kier molecular flexibility index (Phi) is 4.75. The molecule has 0 aliphatic heterocycles. The third-order valence-electron chi connectivity index (χ3n) is 4.43. The van der Waals surface area contributed by atoms with E-state index >= 15 is 0 Å². The van der Waals surface area contributed by atoms with E-state index in [0.29, 0.717) is 27.8 Å². The minimum absolute atomic E-state index is 0.245. The molecule has 0 atom stereocenters. The number of carbonyl (C=O) groups is 1. The number of benzene rings is 2. The smallest absolute Gasteiger partial charge is 0.256 e. The molecule has 0 saturated heterocycles. The van der Waals surface area contributed by atoms with Gasteiger partial charge < -0.3 is 10.1 Å². The first-order chi connectivity index (χ1) is 13.5. The lowest BCUT2D eigenvalue weighted by Gasteiger charge is -2.09. The van der Waals surface area contributed by atoms with Crippen LogP contribution in [-0.2, 0) is 0 Å². The van der Waals surface area contributed by atoms with Crippen molar-refractivity contribution in [1.82, 2.24) is 9.38 Å². The highest BCUT2D eigenvalue weighted by atomic mass is 35.5. The van der Waals surface area contributed by atoms with Gasteiger partial charge in [-0.3, -0.25) is 9.20 Å². The first-order valence-corrected chi connectivity index (χ1v) is 9.13. The highest BCUT2D eigenvalue weighted by molar-refractivity contribution is 6.30. The van der Waals surface area contributed by atoms with E-state index in [1.807, 2.05) is 47.9 Å². The Bertz CT molecular complexity index is 1180. The number of aromatic nitrogens is 2. The first kappa shape index (κ1) is 18.1. The zero-order chi connectivity index (χ0) is 19.7. The molecular formula is C22H18ClN3O2. The van der Waals surface area contributed by atoms with Crippen LogP contribution in [0.4, 0.5) is 5.82 Å². The second-order valence-electron chi connectivity index (χ2n) is 6.44. The van der Waals surface area contributed by atoms with Crippen molar-refractivity contribution in [2.45, 2.75) is 6.92 Å². The van der Waals surface area contributed by atoms with E-state index in [2.05, 4.69) is 5.32 Å². The van der Waals surface area contributed by atoms with Gasteiger partial charge in [-0.1, -0.05) is 35.9 Å². The zero-order valence-corrected chi connectivity index (χ0v) is 16.2. The lowest BCUT2D eigenvalue weighted by Crippen LogP contribution is -2.14. The molecule has 2 aromatic carbocycles. The van der Waals surface area contributed by atoms with Crippen LogP contribution >= 0.6 is 11.6 Å². The molecule has 0 radical (unpaired) electrons. The fraction of sp³-hybridized carbons (Fsp3) is 0.0909. The van der Waals surface area contributed by atoms with Crippen LogP contribution in [0.15, 0.2) is 66.9 Å². The molecule has 1 amide bonds. The van der Waals surface area contributed by atoms with Crippen molar-refractivity contribution in [3.05, 3.63) is 83.0 Å². The van der Waals surface area contributed by atoms with E-state index in [9.17, 15) is 4.79 Å². The number of nitrogens with zero attached hydrogens (tertiary/aromatic N) is 2. The third-order valence-corrected chi connectivity index (χ3v) is 4.66. The lowest BCUT2D eigenvalue weighted by molar-refractivity contribution is 0.102. The maximum Gasteiger partial charge on any atom is 0.256 e. The normalized spacial score (nSPS) is 10.8. The third kappa shape index (κ3) is 3.44. The molecule has 0 saturated carbocycles. The minimum atomic E-state index is -0.245. The summed E-state index contributed by atoms with van der Waals surface area (Å²) in [5.74, 6) is 0.968. The lowest BCUT2D eigenvalue weighted by atomic mass is 10.1. The number of nitrogens with one attached hydrogen (secondary N) is 1. The summed E-state index contributed by atoms with van der Waals surface area (Å²) in [6.07, 6.45) is 1.94. The van der Waals surface area contributed by atoms with E-state index in [-0.39, 0.29) is 5.91 Å². The Balaban J connectivity index is 1.83. The van der Waals surface area contributed by atoms with Gasteiger partial charge in [-0.2, -0.15) is 0 Å². The number of hydrogen-bond donors (Lipinski definition) is 1. The molecule has 1 N–H and O–H groups in total. The number of anilines is 1. The summed E-state index contributed by atoms with van der Waals surface area (Å²) in [6.45, 7) is 1.99. The molecule has 0 fully saturated rings. The van der Waals surface area contributed by atoms with Gasteiger partial charge in [0.05, 0.1) is 7.11 Å². The number of carbonyl (C=O) groups excluding carboxylic acids is 1. The summed E-state index contributed by atoms with van der Waals surface area (Å²) >= 11 is 6.17. The number of fused-ring (bicyclic) bond motifs is 1. The summed E-state index contributed by atoms with van der Waals surface area (Å²) in [6, 6.07) is 18.3. The fourth-order valence-electron chi connectivity index (χ4n) is 3.05. The van der Waals surface area contributed by atoms with Gasteiger partial charge in [-0.25, -0.2) is 4.98 Å². The molecule has 140 valence electrons. The number of rotatable bonds is 4. The Morgan fingerprint density at radius 1 is 1.11 bits per heavy atom. The largest absolute Gasteiger partial charge is 0.497 e. The van der Waals surface area contributed by atoms with Crippen LogP contribution in [-0.4, -0.2) is 22.4 Å². The van der Waals surface area contributed by atoms with Crippen LogP contribution in [0.1, 0.15) is 15.9 Å². The zero-order valence-electron chi connectivity index (χ0n) is 15.4. The Labute approximate surface area is 167 Å². The van der Waals surface area contributed by atoms with Gasteiger partial charge in [0.15, 0.2) is 0 Å². The van der Waals surface area contributed by atoms with Crippen molar-refractivity contribution in [3.63, 3.8) is 0 Å². The molecule has 2 heterocycles. The van der Waals surface area contributed by atoms with Crippen molar-refractivity contribution < 1.29 is 9.53 Å². The maximum atomic E-state index is 12.9. The van der Waals surface area contributed by atoms with Crippen molar-refractivity contribution in [2.24, 2.45) is 0 Å². The van der Waals surface area contributed by atoms with Gasteiger partial charge in [-0.05, 0) is 48.9 Å². The van der Waals surface area contributed by atoms with Gasteiger partial charge in [0, 0.05) is 22.3 Å². The number of halogens is 1. The summed E-state index contributed by atoms with van der Waals surface area (Å²) in [5.41, 5.74) is 3.78. The Morgan fingerprint density at radius 2 is 1.93 bits per heavy atom. The minimum Gasteiger partial charge on any atom is -0.497 e. The summed E-state index contributed by atoms with van der Waals surface area (Å²) in [5, 5.41) is 3.62. The second kappa shape index (κ2) is 7.37. The van der Waals surface area contributed by atoms with Crippen LogP contribution in [0.3, 0.4) is 0 Å². The summed E-state index contributed by atoms with van der Waals surface area (Å²) < 4.78 is 7.10. The Hall–Kier alpha value is -3.31. The molecule has 2 aromatic heterocycles. The number of imidazole rings is 1. The molecule has 0 unspecified atom stereocenters. The van der Waals surface area contributed by atoms with E-state index in [0.717, 1.165) is 16.8 Å². The average Bonchev–Trinajstić information content (AvgIpc) is 3.05. The van der Waals surface area contributed by atoms with Crippen LogP contribution in [0.2, 0.25) is 5.02 Å². The van der Waals surface area contributed by atoms with Gasteiger partial charge in [0.1, 0.15) is 22.9 Å².